The molecule has 1 aliphatic carbocycles. The summed E-state index contributed by atoms with van der Waals surface area (Å²) in [6, 6.07) is 5.58. The second kappa shape index (κ2) is 5.36. The number of anilines is 2. The van der Waals surface area contributed by atoms with E-state index >= 15 is 0 Å². The Kier molecular flexibility index (Phi) is 3.56. The molecule has 5 nitrogen and oxygen atoms in total. The molecule has 0 spiro atoms. The second-order valence-corrected chi connectivity index (χ2v) is 6.22. The molecule has 4 N–H and O–H groups in total. The minimum atomic E-state index is -0.150. The maximum atomic E-state index is 12.1. The van der Waals surface area contributed by atoms with Gasteiger partial charge in [-0.2, -0.15) is 11.8 Å². The van der Waals surface area contributed by atoms with E-state index in [0.717, 1.165) is 6.42 Å². The van der Waals surface area contributed by atoms with Gasteiger partial charge in [-0.05, 0) is 37.3 Å². The van der Waals surface area contributed by atoms with Crippen molar-refractivity contribution in [3.63, 3.8) is 0 Å². The lowest BCUT2D eigenvalue weighted by Gasteiger charge is -2.19. The second-order valence-electron chi connectivity index (χ2n) is 5.15. The molecule has 2 unspecified atom stereocenters. The summed E-state index contributed by atoms with van der Waals surface area (Å²) in [5, 5.41) is 4.49. The number of fused-ring (bicyclic) bond motifs is 1. The molecule has 1 aromatic heterocycles. The number of nitrogens with zero attached hydrogens (tertiary/aromatic N) is 1. The Morgan fingerprint density at radius 1 is 1.45 bits per heavy atom. The lowest BCUT2D eigenvalue weighted by atomic mass is 10.2. The van der Waals surface area contributed by atoms with Crippen molar-refractivity contribution >= 4 is 34.3 Å². The Morgan fingerprint density at radius 2 is 2.30 bits per heavy atom. The highest BCUT2D eigenvalue weighted by molar-refractivity contribution is 7.99. The van der Waals surface area contributed by atoms with Crippen LogP contribution in [-0.2, 0) is 0 Å². The number of hydrogen-bond donors (Lipinski definition) is 3. The summed E-state index contributed by atoms with van der Waals surface area (Å²) in [5.41, 5.74) is 6.79. The van der Waals surface area contributed by atoms with Crippen molar-refractivity contribution in [2.24, 2.45) is 0 Å². The van der Waals surface area contributed by atoms with Crippen LogP contribution in [0.5, 0.6) is 0 Å². The molecular weight excluding hydrogens is 272 g/mol. The van der Waals surface area contributed by atoms with Gasteiger partial charge in [-0.15, -0.1) is 0 Å². The van der Waals surface area contributed by atoms with Crippen molar-refractivity contribution < 1.29 is 0 Å². The molecule has 0 saturated heterocycles. The number of hydrogen-bond acceptors (Lipinski definition) is 5. The third kappa shape index (κ3) is 2.47. The van der Waals surface area contributed by atoms with Crippen LogP contribution in [-0.4, -0.2) is 27.5 Å². The van der Waals surface area contributed by atoms with Crippen LogP contribution in [0.25, 0.3) is 10.9 Å². The molecule has 20 heavy (non-hydrogen) atoms. The van der Waals surface area contributed by atoms with Crippen molar-refractivity contribution in [1.82, 2.24) is 9.97 Å². The summed E-state index contributed by atoms with van der Waals surface area (Å²) in [5.74, 6) is 0.554. The van der Waals surface area contributed by atoms with Gasteiger partial charge in [0.2, 0.25) is 5.95 Å². The fourth-order valence-electron chi connectivity index (χ4n) is 2.77. The fourth-order valence-corrected chi connectivity index (χ4v) is 3.71. The summed E-state index contributed by atoms with van der Waals surface area (Å²) in [6.45, 7) is 0. The predicted octanol–water partition coefficient (Wildman–Crippen LogP) is 2.20. The maximum Gasteiger partial charge on any atom is 0.260 e. The van der Waals surface area contributed by atoms with Crippen molar-refractivity contribution in [1.29, 1.82) is 0 Å². The Morgan fingerprint density at radius 3 is 3.10 bits per heavy atom. The number of nitrogens with two attached hydrogens (primary N) is 1. The molecule has 1 aliphatic rings. The third-order valence-electron chi connectivity index (χ3n) is 3.81. The van der Waals surface area contributed by atoms with Gasteiger partial charge >= 0.3 is 0 Å². The van der Waals surface area contributed by atoms with Crippen molar-refractivity contribution in [2.45, 2.75) is 30.6 Å². The molecule has 1 aromatic carbocycles. The van der Waals surface area contributed by atoms with Crippen LogP contribution in [0.2, 0.25) is 0 Å². The van der Waals surface area contributed by atoms with Gasteiger partial charge in [0.25, 0.3) is 5.56 Å². The van der Waals surface area contributed by atoms with E-state index in [1.165, 1.54) is 12.8 Å². The lowest BCUT2D eigenvalue weighted by molar-refractivity contribution is 0.757. The van der Waals surface area contributed by atoms with Gasteiger partial charge < -0.3 is 11.1 Å². The predicted molar refractivity (Wildman–Crippen MR) is 85.3 cm³/mol. The average molecular weight is 290 g/mol. The van der Waals surface area contributed by atoms with Gasteiger partial charge in [0, 0.05) is 17.0 Å². The van der Waals surface area contributed by atoms with E-state index in [9.17, 15) is 4.79 Å². The van der Waals surface area contributed by atoms with E-state index in [-0.39, 0.29) is 5.56 Å². The third-order valence-corrected chi connectivity index (χ3v) is 4.98. The van der Waals surface area contributed by atoms with Gasteiger partial charge in [0.15, 0.2) is 0 Å². The summed E-state index contributed by atoms with van der Waals surface area (Å²) >= 11 is 1.87. The van der Waals surface area contributed by atoms with Crippen LogP contribution in [0.4, 0.5) is 11.6 Å². The van der Waals surface area contributed by atoms with Gasteiger partial charge in [-0.1, -0.05) is 6.42 Å². The number of aromatic nitrogens is 2. The van der Waals surface area contributed by atoms with Crippen LogP contribution in [0, 0.1) is 0 Å². The molecule has 1 saturated carbocycles. The van der Waals surface area contributed by atoms with Crippen LogP contribution in [0.3, 0.4) is 0 Å². The number of aromatic amines is 1. The van der Waals surface area contributed by atoms with Crippen molar-refractivity contribution in [2.75, 3.05) is 17.3 Å². The highest BCUT2D eigenvalue weighted by Crippen LogP contribution is 2.30. The first-order valence-electron chi connectivity index (χ1n) is 6.76. The highest BCUT2D eigenvalue weighted by Gasteiger charge is 2.26. The van der Waals surface area contributed by atoms with E-state index in [4.69, 9.17) is 5.73 Å². The Hall–Kier alpha value is -1.69. The van der Waals surface area contributed by atoms with Crippen LogP contribution < -0.4 is 16.6 Å². The zero-order valence-corrected chi connectivity index (χ0v) is 12.2. The molecule has 0 bridgehead atoms. The molecular formula is C14H18N4OS. The Labute approximate surface area is 121 Å². The Bertz CT molecular complexity index is 684. The molecule has 6 heteroatoms. The molecule has 106 valence electrons. The van der Waals surface area contributed by atoms with Gasteiger partial charge in [-0.25, -0.2) is 4.98 Å². The zero-order chi connectivity index (χ0) is 14.1. The quantitative estimate of drug-likeness (QED) is 0.755. The van der Waals surface area contributed by atoms with E-state index in [0.29, 0.717) is 33.8 Å². The lowest BCUT2D eigenvalue weighted by Crippen LogP contribution is -2.28. The molecule has 0 radical (unpaired) electrons. The molecule has 2 atom stereocenters. The first-order valence-corrected chi connectivity index (χ1v) is 8.05. The topological polar surface area (TPSA) is 83.8 Å². The smallest absolute Gasteiger partial charge is 0.260 e. The Balaban J connectivity index is 1.93. The number of thioether (sulfide) groups is 1. The molecule has 2 aromatic rings. The minimum absolute atomic E-state index is 0.150. The van der Waals surface area contributed by atoms with Gasteiger partial charge in [0.1, 0.15) is 0 Å². The molecule has 1 heterocycles. The summed E-state index contributed by atoms with van der Waals surface area (Å²) in [4.78, 5) is 19.4. The van der Waals surface area contributed by atoms with Gasteiger partial charge in [0.05, 0.1) is 10.9 Å². The van der Waals surface area contributed by atoms with E-state index < -0.39 is 0 Å². The van der Waals surface area contributed by atoms with Crippen molar-refractivity contribution in [3.8, 4) is 0 Å². The minimum Gasteiger partial charge on any atom is -0.399 e. The van der Waals surface area contributed by atoms with E-state index in [2.05, 4.69) is 21.5 Å². The van der Waals surface area contributed by atoms with E-state index in [1.807, 2.05) is 11.8 Å². The maximum absolute atomic E-state index is 12.1. The molecule has 0 aliphatic heterocycles. The zero-order valence-electron chi connectivity index (χ0n) is 11.3. The highest BCUT2D eigenvalue weighted by atomic mass is 32.2. The van der Waals surface area contributed by atoms with Crippen LogP contribution in [0.1, 0.15) is 19.3 Å². The monoisotopic (exact) mass is 290 g/mol. The van der Waals surface area contributed by atoms with E-state index in [1.54, 1.807) is 18.2 Å². The summed E-state index contributed by atoms with van der Waals surface area (Å²) in [7, 11) is 0. The number of nitrogen functional groups attached to an aromatic ring is 1. The average Bonchev–Trinajstić information content (AvgIpc) is 2.87. The first-order chi connectivity index (χ1) is 9.67. The van der Waals surface area contributed by atoms with Crippen LogP contribution in [0.15, 0.2) is 23.0 Å². The number of benzene rings is 1. The van der Waals surface area contributed by atoms with Gasteiger partial charge in [-0.3, -0.25) is 9.78 Å². The normalized spacial score (nSPS) is 22.2. The largest absolute Gasteiger partial charge is 0.399 e. The number of rotatable bonds is 3. The SMILES string of the molecule is CSC1CCCC1Nc1nc2ccc(N)cc2c(=O)[nH]1. The molecule has 3 rings (SSSR count). The number of nitrogens with one attached hydrogen (secondary N) is 2. The molecule has 0 amide bonds. The summed E-state index contributed by atoms with van der Waals surface area (Å²) < 4.78 is 0. The standard InChI is InChI=1S/C14H18N4OS/c1-20-12-4-2-3-11(12)17-14-16-10-6-5-8(15)7-9(10)13(19)18-14/h5-7,11-12H,2-4,15H2,1H3,(H2,16,17,18,19). The molecule has 1 fully saturated rings. The van der Waals surface area contributed by atoms with Crippen molar-refractivity contribution in [3.05, 3.63) is 28.6 Å². The first kappa shape index (κ1) is 13.3. The van der Waals surface area contributed by atoms with Crippen LogP contribution >= 0.6 is 11.8 Å². The summed E-state index contributed by atoms with van der Waals surface area (Å²) in [6.07, 6.45) is 5.68. The fraction of sp³-hybridized carbons (Fsp3) is 0.429. The number of H-pyrrole nitrogens is 1.